The zero-order chi connectivity index (χ0) is 32.8. The van der Waals surface area contributed by atoms with Crippen LogP contribution in [0.2, 0.25) is 15.1 Å². The molecule has 232 valence electrons. The topological polar surface area (TPSA) is 74.3 Å². The van der Waals surface area contributed by atoms with E-state index in [2.05, 4.69) is 48.5 Å². The summed E-state index contributed by atoms with van der Waals surface area (Å²) in [7, 11) is -6.41. The van der Waals surface area contributed by atoms with Gasteiger partial charge in [0.2, 0.25) is 0 Å². The van der Waals surface area contributed by atoms with Gasteiger partial charge in [-0.15, -0.1) is 0 Å². The highest BCUT2D eigenvalue weighted by atomic mass is 35.5. The van der Waals surface area contributed by atoms with Crippen LogP contribution in [0.4, 0.5) is 13.2 Å². The zero-order valence-corrected chi connectivity index (χ0v) is 27.4. The largest absolute Gasteiger partial charge is 0.741 e. The first kappa shape index (κ1) is 34.9. The van der Waals surface area contributed by atoms with E-state index in [9.17, 15) is 18.0 Å². The maximum atomic E-state index is 13.3. The van der Waals surface area contributed by atoms with E-state index in [1.165, 1.54) is 14.7 Å². The predicted molar refractivity (Wildman–Crippen MR) is 173 cm³/mol. The van der Waals surface area contributed by atoms with E-state index >= 15 is 0 Å². The second-order valence-electron chi connectivity index (χ2n) is 8.99. The molecule has 4 nitrogen and oxygen atoms in total. The van der Waals surface area contributed by atoms with Crippen molar-refractivity contribution in [1.82, 2.24) is 0 Å². The Hall–Kier alpha value is -2.96. The molecule has 13 heteroatoms. The van der Waals surface area contributed by atoms with Crippen LogP contribution in [0.15, 0.2) is 146 Å². The Bertz CT molecular complexity index is 1840. The second kappa shape index (κ2) is 15.1. The average Bonchev–Trinajstić information content (AvgIpc) is 3.00. The summed E-state index contributed by atoms with van der Waals surface area (Å²) in [6.45, 7) is 0. The molecule has 0 unspecified atom stereocenters. The van der Waals surface area contributed by atoms with E-state index in [4.69, 9.17) is 47.8 Å². The zero-order valence-electron chi connectivity index (χ0n) is 22.7. The Morgan fingerprint density at radius 2 is 1.04 bits per heavy atom. The fraction of sp³-hybridized carbons (Fsp3) is 0.0312. The summed E-state index contributed by atoms with van der Waals surface area (Å²) < 4.78 is 58.9. The lowest BCUT2D eigenvalue weighted by atomic mass is 10.0. The van der Waals surface area contributed by atoms with Crippen molar-refractivity contribution in [2.75, 3.05) is 0 Å². The summed E-state index contributed by atoms with van der Waals surface area (Å²) in [5.74, 6) is -0.0858. The van der Waals surface area contributed by atoms with Gasteiger partial charge in [-0.25, -0.2) is 8.42 Å². The van der Waals surface area contributed by atoms with Crippen molar-refractivity contribution in [3.05, 3.63) is 148 Å². The number of hydrogen-bond donors (Lipinski definition) is 0. The van der Waals surface area contributed by atoms with Crippen molar-refractivity contribution in [3.63, 3.8) is 0 Å². The van der Waals surface area contributed by atoms with Gasteiger partial charge in [-0.3, -0.25) is 4.79 Å². The van der Waals surface area contributed by atoms with E-state index in [1.54, 1.807) is 23.9 Å². The van der Waals surface area contributed by atoms with Gasteiger partial charge in [0.15, 0.2) is 30.6 Å². The van der Waals surface area contributed by atoms with Crippen molar-refractivity contribution >= 4 is 73.4 Å². The van der Waals surface area contributed by atoms with Crippen LogP contribution in [-0.2, 0) is 21.0 Å². The number of alkyl halides is 3. The normalized spacial score (nSPS) is 11.6. The Morgan fingerprint density at radius 3 is 1.49 bits per heavy atom. The van der Waals surface area contributed by atoms with Crippen molar-refractivity contribution < 1.29 is 30.9 Å². The van der Waals surface area contributed by atoms with Gasteiger partial charge in [-0.1, -0.05) is 70.8 Å². The van der Waals surface area contributed by atoms with Gasteiger partial charge in [-0.2, -0.15) is 13.2 Å². The molecule has 0 radical (unpaired) electrons. The molecular weight excluding hydrogens is 708 g/mol. The Balaban J connectivity index is 0.000000510. The minimum Gasteiger partial charge on any atom is -0.741 e. The van der Waals surface area contributed by atoms with Crippen molar-refractivity contribution in [3.8, 4) is 0 Å². The van der Waals surface area contributed by atoms with Gasteiger partial charge in [0.05, 0.1) is 15.9 Å². The highest BCUT2D eigenvalue weighted by Crippen LogP contribution is 2.36. The Kier molecular flexibility index (Phi) is 11.7. The summed E-state index contributed by atoms with van der Waals surface area (Å²) in [5, 5.41) is 1.87. The fourth-order valence-electron chi connectivity index (χ4n) is 3.85. The summed E-state index contributed by atoms with van der Waals surface area (Å²) in [5.41, 5.74) is -4.51. The molecule has 5 aromatic rings. The monoisotopic (exact) mass is 726 g/mol. The van der Waals surface area contributed by atoms with E-state index in [0.717, 1.165) is 9.79 Å². The standard InChI is InChI=1S/C31H20Cl3OS2.CHF3O3S/c32-21-9-15-24(16-10-21)37(25-17-11-22(33)12-18-25)26-19-13-23(14-20-26)36-30-8-4-2-6-28(30)31(35)27-5-1-3-7-29(27)34;2-1(3,4)8(5,6)7/h1-20H;(H,5,6,7)/q+1;/p-1. The van der Waals surface area contributed by atoms with E-state index in [1.807, 2.05) is 60.7 Å². The van der Waals surface area contributed by atoms with Gasteiger partial charge in [0, 0.05) is 31.0 Å². The summed E-state index contributed by atoms with van der Waals surface area (Å²) in [6, 6.07) is 39.2. The molecule has 0 N–H and O–H groups in total. The molecule has 0 spiro atoms. The smallest absolute Gasteiger partial charge is 0.485 e. The highest BCUT2D eigenvalue weighted by molar-refractivity contribution is 7.99. The third-order valence-electron chi connectivity index (χ3n) is 5.92. The molecule has 0 bridgehead atoms. The third-order valence-corrected chi connectivity index (χ3v) is 10.6. The number of benzene rings is 5. The number of carbonyl (C=O) groups excluding carboxylic acids is 1. The molecule has 5 aromatic carbocycles. The fourth-order valence-corrected chi connectivity index (χ4v) is 7.31. The van der Waals surface area contributed by atoms with Gasteiger partial charge >= 0.3 is 5.51 Å². The van der Waals surface area contributed by atoms with Crippen molar-refractivity contribution in [2.24, 2.45) is 0 Å². The SMILES string of the molecule is O=C(c1ccccc1Cl)c1ccccc1Sc1ccc([S+](c2ccc(Cl)cc2)c2ccc(Cl)cc2)cc1.O=S(=O)([O-])C(F)(F)F. The van der Waals surface area contributed by atoms with Gasteiger partial charge in [-0.05, 0) is 97.1 Å². The molecule has 0 aliphatic heterocycles. The minimum absolute atomic E-state index is 0.0858. The molecule has 0 saturated heterocycles. The number of rotatable bonds is 7. The highest BCUT2D eigenvalue weighted by Gasteiger charge is 2.37. The lowest BCUT2D eigenvalue weighted by Crippen LogP contribution is -2.21. The minimum atomic E-state index is -6.09. The van der Waals surface area contributed by atoms with E-state index in [0.29, 0.717) is 26.2 Å². The maximum absolute atomic E-state index is 13.3. The molecule has 0 aliphatic rings. The first-order valence-corrected chi connectivity index (χ1v) is 17.3. The molecule has 0 aliphatic carbocycles. The number of ketones is 1. The molecule has 0 heterocycles. The van der Waals surface area contributed by atoms with Crippen LogP contribution >= 0.6 is 46.6 Å². The lowest BCUT2D eigenvalue weighted by Gasteiger charge is -2.11. The number of halogens is 6. The van der Waals surface area contributed by atoms with Crippen LogP contribution < -0.4 is 0 Å². The van der Waals surface area contributed by atoms with Crippen LogP contribution in [0.1, 0.15) is 15.9 Å². The average molecular weight is 728 g/mol. The molecule has 0 saturated carbocycles. The van der Waals surface area contributed by atoms with Crippen LogP contribution in [0, 0.1) is 0 Å². The summed E-state index contributed by atoms with van der Waals surface area (Å²) in [4.78, 5) is 18.7. The summed E-state index contributed by atoms with van der Waals surface area (Å²) in [6.07, 6.45) is 0. The van der Waals surface area contributed by atoms with E-state index in [-0.39, 0.29) is 16.7 Å². The van der Waals surface area contributed by atoms with Gasteiger partial charge in [0.1, 0.15) is 0 Å². The van der Waals surface area contributed by atoms with Gasteiger partial charge in [0.25, 0.3) is 0 Å². The third kappa shape index (κ3) is 9.29. The quantitative estimate of drug-likeness (QED) is 0.0722. The van der Waals surface area contributed by atoms with Crippen molar-refractivity contribution in [2.45, 2.75) is 30.0 Å². The molecule has 0 atom stereocenters. The molecule has 0 aromatic heterocycles. The van der Waals surface area contributed by atoms with Crippen LogP contribution in [0.3, 0.4) is 0 Å². The van der Waals surface area contributed by atoms with Crippen LogP contribution in [-0.4, -0.2) is 24.3 Å². The lowest BCUT2D eigenvalue weighted by molar-refractivity contribution is -0.0517. The Labute approximate surface area is 280 Å². The van der Waals surface area contributed by atoms with Gasteiger partial charge < -0.3 is 4.55 Å². The van der Waals surface area contributed by atoms with Crippen molar-refractivity contribution in [1.29, 1.82) is 0 Å². The molecule has 5 rings (SSSR count). The number of carbonyl (C=O) groups is 1. The first-order chi connectivity index (χ1) is 21.2. The Morgan fingerprint density at radius 1 is 0.644 bits per heavy atom. The molecular formula is C32H20Cl3F3O4S3. The second-order valence-corrected chi connectivity index (χ2v) is 14.8. The van der Waals surface area contributed by atoms with E-state index < -0.39 is 15.6 Å². The molecule has 0 fully saturated rings. The van der Waals surface area contributed by atoms with Crippen LogP contribution in [0.5, 0.6) is 0 Å². The maximum Gasteiger partial charge on any atom is 0.485 e. The first-order valence-electron chi connectivity index (χ1n) is 12.7. The predicted octanol–water partition coefficient (Wildman–Crippen LogP) is 10.2. The number of hydrogen-bond acceptors (Lipinski definition) is 5. The molecule has 0 amide bonds. The molecule has 45 heavy (non-hydrogen) atoms. The van der Waals surface area contributed by atoms with Crippen LogP contribution in [0.25, 0.3) is 0 Å². The summed E-state index contributed by atoms with van der Waals surface area (Å²) >= 11 is 20.2.